The summed E-state index contributed by atoms with van der Waals surface area (Å²) in [7, 11) is 0. The van der Waals surface area contributed by atoms with E-state index in [9.17, 15) is 4.79 Å². The van der Waals surface area contributed by atoms with Crippen LogP contribution in [-0.2, 0) is 10.2 Å². The van der Waals surface area contributed by atoms with Crippen LogP contribution in [0.5, 0.6) is 5.75 Å². The van der Waals surface area contributed by atoms with Crippen molar-refractivity contribution in [1.29, 1.82) is 0 Å². The first-order chi connectivity index (χ1) is 8.47. The highest BCUT2D eigenvalue weighted by Gasteiger charge is 2.20. The molecule has 1 aliphatic heterocycles. The number of hydrazone groups is 1. The lowest BCUT2D eigenvalue weighted by atomic mass is 9.86. The fourth-order valence-electron chi connectivity index (χ4n) is 1.86. The fraction of sp³-hybridized carbons (Fsp3) is 0.429. The Kier molecular flexibility index (Phi) is 3.36. The molecule has 0 aliphatic carbocycles. The molecule has 1 aromatic carbocycles. The molecule has 0 atom stereocenters. The second kappa shape index (κ2) is 4.80. The molecule has 0 bridgehead atoms. The second-order valence-corrected chi connectivity index (χ2v) is 5.42. The van der Waals surface area contributed by atoms with E-state index in [2.05, 4.69) is 37.4 Å². The van der Waals surface area contributed by atoms with Crippen LogP contribution in [0.1, 0.15) is 32.8 Å². The number of amides is 1. The first kappa shape index (κ1) is 12.6. The normalized spacial score (nSPS) is 15.3. The first-order valence-corrected chi connectivity index (χ1v) is 6.03. The van der Waals surface area contributed by atoms with Crippen LogP contribution in [-0.4, -0.2) is 18.2 Å². The van der Waals surface area contributed by atoms with E-state index in [-0.39, 0.29) is 11.3 Å². The maximum Gasteiger partial charge on any atom is 0.245 e. The van der Waals surface area contributed by atoms with Crippen LogP contribution in [0.25, 0.3) is 0 Å². The van der Waals surface area contributed by atoms with Crippen LogP contribution in [0, 0.1) is 0 Å². The van der Waals surface area contributed by atoms with Crippen LogP contribution in [0.4, 0.5) is 0 Å². The molecule has 0 aromatic heterocycles. The Balaban J connectivity index is 2.08. The van der Waals surface area contributed by atoms with Crippen molar-refractivity contribution >= 4 is 11.6 Å². The van der Waals surface area contributed by atoms with Crippen molar-refractivity contribution in [1.82, 2.24) is 5.43 Å². The Labute approximate surface area is 107 Å². The number of rotatable bonds is 3. The number of ether oxygens (including phenoxy) is 1. The van der Waals surface area contributed by atoms with Crippen molar-refractivity contribution < 1.29 is 9.53 Å². The van der Waals surface area contributed by atoms with Crippen molar-refractivity contribution in [3.63, 3.8) is 0 Å². The summed E-state index contributed by atoms with van der Waals surface area (Å²) in [6.07, 6.45) is 0.331. The van der Waals surface area contributed by atoms with Gasteiger partial charge < -0.3 is 4.74 Å². The summed E-state index contributed by atoms with van der Waals surface area (Å²) in [5.74, 6) is 0.782. The Morgan fingerprint density at radius 3 is 2.67 bits per heavy atom. The second-order valence-electron chi connectivity index (χ2n) is 5.42. The molecule has 0 saturated carbocycles. The topological polar surface area (TPSA) is 50.7 Å². The van der Waals surface area contributed by atoms with Gasteiger partial charge in [-0.15, -0.1) is 0 Å². The molecule has 4 nitrogen and oxygen atoms in total. The lowest BCUT2D eigenvalue weighted by molar-refractivity contribution is -0.119. The highest BCUT2D eigenvalue weighted by molar-refractivity contribution is 6.05. The fourth-order valence-corrected chi connectivity index (χ4v) is 1.86. The van der Waals surface area contributed by atoms with Gasteiger partial charge in [0.25, 0.3) is 0 Å². The van der Waals surface area contributed by atoms with E-state index in [0.29, 0.717) is 13.0 Å². The van der Waals surface area contributed by atoms with Crippen molar-refractivity contribution in [3.8, 4) is 5.75 Å². The van der Waals surface area contributed by atoms with Crippen molar-refractivity contribution in [2.45, 2.75) is 32.6 Å². The van der Waals surface area contributed by atoms with Crippen molar-refractivity contribution in [3.05, 3.63) is 29.8 Å². The van der Waals surface area contributed by atoms with E-state index in [1.54, 1.807) is 0 Å². The zero-order chi connectivity index (χ0) is 13.2. The van der Waals surface area contributed by atoms with Gasteiger partial charge in [-0.1, -0.05) is 39.0 Å². The first-order valence-electron chi connectivity index (χ1n) is 6.03. The summed E-state index contributed by atoms with van der Waals surface area (Å²) in [5.41, 5.74) is 4.34. The monoisotopic (exact) mass is 246 g/mol. The quantitative estimate of drug-likeness (QED) is 0.889. The third kappa shape index (κ3) is 2.88. The lowest BCUT2D eigenvalue weighted by Crippen LogP contribution is -2.16. The highest BCUT2D eigenvalue weighted by atomic mass is 16.5. The van der Waals surface area contributed by atoms with E-state index in [1.165, 1.54) is 0 Å². The average Bonchev–Trinajstić information content (AvgIpc) is 2.72. The summed E-state index contributed by atoms with van der Waals surface area (Å²) in [6.45, 7) is 6.79. The van der Waals surface area contributed by atoms with Crippen LogP contribution in [0.15, 0.2) is 29.4 Å². The molecule has 96 valence electrons. The lowest BCUT2D eigenvalue weighted by Gasteiger charge is -2.22. The van der Waals surface area contributed by atoms with Crippen LogP contribution in [0.3, 0.4) is 0 Å². The molecule has 1 amide bonds. The van der Waals surface area contributed by atoms with E-state index in [0.717, 1.165) is 17.0 Å². The number of carbonyl (C=O) groups excluding carboxylic acids is 1. The number of hydrogen-bond acceptors (Lipinski definition) is 3. The molecule has 0 radical (unpaired) electrons. The number of nitrogens with zero attached hydrogens (tertiary/aromatic N) is 1. The van der Waals surface area contributed by atoms with Gasteiger partial charge in [-0.3, -0.25) is 4.79 Å². The predicted molar refractivity (Wildman–Crippen MR) is 70.8 cm³/mol. The SMILES string of the molecule is CC(C)(C)c1ccccc1OCC1=NNC(=O)C1. The molecule has 0 spiro atoms. The molecule has 0 fully saturated rings. The van der Waals surface area contributed by atoms with E-state index in [4.69, 9.17) is 4.74 Å². The van der Waals surface area contributed by atoms with Crippen LogP contribution in [0.2, 0.25) is 0 Å². The number of carbonyl (C=O) groups is 1. The smallest absolute Gasteiger partial charge is 0.245 e. The number of benzene rings is 1. The predicted octanol–water partition coefficient (Wildman–Crippen LogP) is 2.24. The Morgan fingerprint density at radius 1 is 1.33 bits per heavy atom. The van der Waals surface area contributed by atoms with Gasteiger partial charge >= 0.3 is 0 Å². The van der Waals surface area contributed by atoms with Gasteiger partial charge in [0.15, 0.2) is 0 Å². The van der Waals surface area contributed by atoms with Gasteiger partial charge in [-0.05, 0) is 17.0 Å². The summed E-state index contributed by atoms with van der Waals surface area (Å²) in [5, 5.41) is 3.92. The van der Waals surface area contributed by atoms with E-state index < -0.39 is 0 Å². The maximum atomic E-state index is 11.0. The average molecular weight is 246 g/mol. The van der Waals surface area contributed by atoms with Crippen LogP contribution < -0.4 is 10.2 Å². The molecule has 4 heteroatoms. The molecule has 2 rings (SSSR count). The molecular formula is C14H18N2O2. The zero-order valence-electron chi connectivity index (χ0n) is 11.0. The maximum absolute atomic E-state index is 11.0. The van der Waals surface area contributed by atoms with Crippen molar-refractivity contribution in [2.24, 2.45) is 5.10 Å². The van der Waals surface area contributed by atoms with Crippen LogP contribution >= 0.6 is 0 Å². The van der Waals surface area contributed by atoms with Gasteiger partial charge in [0.1, 0.15) is 12.4 Å². The van der Waals surface area contributed by atoms with E-state index in [1.807, 2.05) is 18.2 Å². The molecular weight excluding hydrogens is 228 g/mol. The van der Waals surface area contributed by atoms with Gasteiger partial charge in [-0.2, -0.15) is 5.10 Å². The third-order valence-corrected chi connectivity index (χ3v) is 2.79. The summed E-state index contributed by atoms with van der Waals surface area (Å²) in [4.78, 5) is 11.0. The number of hydrogen-bond donors (Lipinski definition) is 1. The molecule has 0 unspecified atom stereocenters. The molecule has 1 N–H and O–H groups in total. The van der Waals surface area contributed by atoms with Gasteiger partial charge in [0.05, 0.1) is 12.1 Å². The minimum atomic E-state index is -0.0716. The Hall–Kier alpha value is -1.84. The van der Waals surface area contributed by atoms with Gasteiger partial charge in [0, 0.05) is 0 Å². The Morgan fingerprint density at radius 2 is 2.06 bits per heavy atom. The zero-order valence-corrected chi connectivity index (χ0v) is 11.0. The molecule has 1 aliphatic rings. The standard InChI is InChI=1S/C14H18N2O2/c1-14(2,3)11-6-4-5-7-12(11)18-9-10-8-13(17)16-15-10/h4-7H,8-9H2,1-3H3,(H,16,17). The van der Waals surface area contributed by atoms with Gasteiger partial charge in [-0.25, -0.2) is 5.43 Å². The number of nitrogens with one attached hydrogen (secondary N) is 1. The molecule has 1 heterocycles. The molecule has 18 heavy (non-hydrogen) atoms. The molecule has 1 aromatic rings. The minimum absolute atomic E-state index is 0.0299. The Bertz CT molecular complexity index is 487. The molecule has 0 saturated heterocycles. The van der Waals surface area contributed by atoms with Gasteiger partial charge in [0.2, 0.25) is 5.91 Å². The van der Waals surface area contributed by atoms with E-state index >= 15 is 0 Å². The minimum Gasteiger partial charge on any atom is -0.487 e. The highest BCUT2D eigenvalue weighted by Crippen LogP contribution is 2.30. The summed E-state index contributed by atoms with van der Waals surface area (Å²) >= 11 is 0. The van der Waals surface area contributed by atoms with Crippen molar-refractivity contribution in [2.75, 3.05) is 6.61 Å². The number of para-hydroxylation sites is 1. The summed E-state index contributed by atoms with van der Waals surface area (Å²) < 4.78 is 5.77. The third-order valence-electron chi connectivity index (χ3n) is 2.79. The summed E-state index contributed by atoms with van der Waals surface area (Å²) in [6, 6.07) is 7.97. The largest absolute Gasteiger partial charge is 0.487 e.